The third kappa shape index (κ3) is 2.18. The first-order valence-corrected chi connectivity index (χ1v) is 9.08. The molecule has 0 saturated heterocycles. The predicted molar refractivity (Wildman–Crippen MR) is 104 cm³/mol. The monoisotopic (exact) mass is 344 g/mol. The Morgan fingerprint density at radius 1 is 0.960 bits per heavy atom. The highest BCUT2D eigenvalue weighted by atomic mass is 32.1. The minimum atomic E-state index is 0.879. The van der Waals surface area contributed by atoms with Crippen LogP contribution in [0.3, 0.4) is 0 Å². The average Bonchev–Trinajstić information content (AvgIpc) is 3.13. The molecule has 0 aliphatic heterocycles. The molecule has 0 spiro atoms. The van der Waals surface area contributed by atoms with Gasteiger partial charge in [-0.05, 0) is 50.1 Å². The number of pyridine rings is 1. The minimum Gasteiger partial charge on any atom is -0.455 e. The highest BCUT2D eigenvalue weighted by molar-refractivity contribution is 7.18. The first-order chi connectivity index (χ1) is 12.1. The maximum Gasteiger partial charge on any atom is 0.144 e. The Balaban J connectivity index is 1.84. The molecule has 0 N–H and O–H groups in total. The maximum absolute atomic E-state index is 6.25. The van der Waals surface area contributed by atoms with E-state index < -0.39 is 0 Å². The second-order valence-corrected chi connectivity index (χ2v) is 7.72. The molecule has 0 aliphatic carbocycles. The van der Waals surface area contributed by atoms with E-state index in [1.807, 2.05) is 19.2 Å². The number of para-hydroxylation sites is 1. The van der Waals surface area contributed by atoms with Crippen LogP contribution in [-0.2, 0) is 0 Å². The quantitative estimate of drug-likeness (QED) is 0.364. The zero-order valence-electron chi connectivity index (χ0n) is 14.3. The first kappa shape index (κ1) is 14.6. The number of aromatic nitrogens is 2. The molecule has 4 heteroatoms. The summed E-state index contributed by atoms with van der Waals surface area (Å²) in [5.41, 5.74) is 7.18. The molecule has 122 valence electrons. The van der Waals surface area contributed by atoms with E-state index in [9.17, 15) is 0 Å². The van der Waals surface area contributed by atoms with Crippen molar-refractivity contribution in [1.29, 1.82) is 0 Å². The van der Waals surface area contributed by atoms with E-state index >= 15 is 0 Å². The lowest BCUT2D eigenvalue weighted by molar-refractivity contribution is 0.670. The SMILES string of the molecule is Cc1nc2cc3oc4c(-c5cc(C)c(C)cn5)cccc4c3cc2s1. The standard InChI is InChI=1S/C21H16N2OS/c1-11-7-17(22-10-12(11)2)15-6-4-5-14-16-8-20-18(23-13(3)25-20)9-19(16)24-21(14)15/h4-10H,1-3H3. The van der Waals surface area contributed by atoms with Crippen molar-refractivity contribution in [2.75, 3.05) is 0 Å². The van der Waals surface area contributed by atoms with Crippen molar-refractivity contribution in [3.05, 3.63) is 58.7 Å². The van der Waals surface area contributed by atoms with E-state index in [1.165, 1.54) is 15.8 Å². The summed E-state index contributed by atoms with van der Waals surface area (Å²) in [4.78, 5) is 9.20. The van der Waals surface area contributed by atoms with Gasteiger partial charge in [0.15, 0.2) is 0 Å². The largest absolute Gasteiger partial charge is 0.455 e. The molecule has 0 radical (unpaired) electrons. The van der Waals surface area contributed by atoms with Gasteiger partial charge in [-0.2, -0.15) is 0 Å². The fourth-order valence-corrected chi connectivity index (χ4v) is 4.16. The summed E-state index contributed by atoms with van der Waals surface area (Å²) in [6.07, 6.45) is 1.93. The Hall–Kier alpha value is -2.72. The Bertz CT molecular complexity index is 1280. The third-order valence-electron chi connectivity index (χ3n) is 4.76. The fourth-order valence-electron chi connectivity index (χ4n) is 3.31. The fraction of sp³-hybridized carbons (Fsp3) is 0.143. The molecular formula is C21H16N2OS. The van der Waals surface area contributed by atoms with E-state index in [0.29, 0.717) is 0 Å². The van der Waals surface area contributed by atoms with Crippen molar-refractivity contribution in [3.63, 3.8) is 0 Å². The average molecular weight is 344 g/mol. The summed E-state index contributed by atoms with van der Waals surface area (Å²) in [5.74, 6) is 0. The lowest BCUT2D eigenvalue weighted by Crippen LogP contribution is -1.88. The summed E-state index contributed by atoms with van der Waals surface area (Å²) in [6, 6.07) is 12.6. The summed E-state index contributed by atoms with van der Waals surface area (Å²) >= 11 is 1.72. The van der Waals surface area contributed by atoms with Gasteiger partial charge in [0, 0.05) is 28.6 Å². The van der Waals surface area contributed by atoms with Crippen molar-refractivity contribution in [3.8, 4) is 11.3 Å². The van der Waals surface area contributed by atoms with E-state index in [-0.39, 0.29) is 0 Å². The molecule has 5 aromatic rings. The van der Waals surface area contributed by atoms with Crippen molar-refractivity contribution < 1.29 is 4.42 Å². The molecule has 25 heavy (non-hydrogen) atoms. The van der Waals surface area contributed by atoms with Gasteiger partial charge < -0.3 is 4.42 Å². The van der Waals surface area contributed by atoms with E-state index in [4.69, 9.17) is 4.42 Å². The zero-order valence-corrected chi connectivity index (χ0v) is 15.1. The number of aryl methyl sites for hydroxylation is 3. The lowest BCUT2D eigenvalue weighted by atomic mass is 10.0. The van der Waals surface area contributed by atoms with Crippen LogP contribution in [0.2, 0.25) is 0 Å². The summed E-state index contributed by atoms with van der Waals surface area (Å²) in [6.45, 7) is 6.23. The number of rotatable bonds is 1. The van der Waals surface area contributed by atoms with Crippen molar-refractivity contribution in [2.24, 2.45) is 0 Å². The second-order valence-electron chi connectivity index (χ2n) is 6.49. The molecule has 0 amide bonds. The van der Waals surface area contributed by atoms with Crippen LogP contribution >= 0.6 is 11.3 Å². The first-order valence-electron chi connectivity index (χ1n) is 8.26. The number of thiazole rings is 1. The van der Waals surface area contributed by atoms with E-state index in [0.717, 1.165) is 43.7 Å². The summed E-state index contributed by atoms with van der Waals surface area (Å²) in [5, 5.41) is 3.34. The molecule has 2 aromatic carbocycles. The van der Waals surface area contributed by atoms with Crippen LogP contribution < -0.4 is 0 Å². The number of hydrogen-bond acceptors (Lipinski definition) is 4. The molecule has 3 heterocycles. The highest BCUT2D eigenvalue weighted by Gasteiger charge is 2.15. The van der Waals surface area contributed by atoms with Gasteiger partial charge in [0.25, 0.3) is 0 Å². The van der Waals surface area contributed by atoms with Gasteiger partial charge >= 0.3 is 0 Å². The summed E-state index contributed by atoms with van der Waals surface area (Å²) < 4.78 is 7.45. The van der Waals surface area contributed by atoms with Crippen LogP contribution in [0.15, 0.2) is 47.0 Å². The minimum absolute atomic E-state index is 0.879. The molecule has 0 fully saturated rings. The zero-order chi connectivity index (χ0) is 17.1. The van der Waals surface area contributed by atoms with Gasteiger partial charge in [0.1, 0.15) is 11.2 Å². The molecule has 0 saturated carbocycles. The molecule has 0 bridgehead atoms. The Morgan fingerprint density at radius 3 is 2.68 bits per heavy atom. The van der Waals surface area contributed by atoms with Crippen molar-refractivity contribution in [2.45, 2.75) is 20.8 Å². The van der Waals surface area contributed by atoms with Crippen LogP contribution in [0, 0.1) is 20.8 Å². The molecule has 0 unspecified atom stereocenters. The number of benzene rings is 2. The second kappa shape index (κ2) is 5.14. The van der Waals surface area contributed by atoms with Gasteiger partial charge in [0.2, 0.25) is 0 Å². The van der Waals surface area contributed by atoms with Gasteiger partial charge in [-0.25, -0.2) is 4.98 Å². The van der Waals surface area contributed by atoms with Crippen LogP contribution in [-0.4, -0.2) is 9.97 Å². The van der Waals surface area contributed by atoms with Crippen molar-refractivity contribution >= 4 is 43.5 Å². The molecular weight excluding hydrogens is 328 g/mol. The molecule has 3 aromatic heterocycles. The number of nitrogens with zero attached hydrogens (tertiary/aromatic N) is 2. The smallest absolute Gasteiger partial charge is 0.144 e. The van der Waals surface area contributed by atoms with Crippen LogP contribution in [0.5, 0.6) is 0 Å². The van der Waals surface area contributed by atoms with Crippen LogP contribution in [0.4, 0.5) is 0 Å². The van der Waals surface area contributed by atoms with Gasteiger partial charge in [-0.3, -0.25) is 4.98 Å². The van der Waals surface area contributed by atoms with E-state index in [2.05, 4.69) is 54.1 Å². The summed E-state index contributed by atoms with van der Waals surface area (Å²) in [7, 11) is 0. The topological polar surface area (TPSA) is 38.9 Å². The molecule has 5 rings (SSSR count). The molecule has 0 atom stereocenters. The highest BCUT2D eigenvalue weighted by Crippen LogP contribution is 2.38. The molecule has 3 nitrogen and oxygen atoms in total. The normalized spacial score (nSPS) is 11.8. The van der Waals surface area contributed by atoms with Gasteiger partial charge in [-0.1, -0.05) is 12.1 Å². The van der Waals surface area contributed by atoms with Crippen LogP contribution in [0.1, 0.15) is 16.1 Å². The number of furan rings is 1. The van der Waals surface area contributed by atoms with E-state index in [1.54, 1.807) is 11.3 Å². The maximum atomic E-state index is 6.25. The Labute approximate surface area is 149 Å². The predicted octanol–water partition coefficient (Wildman–Crippen LogP) is 6.18. The van der Waals surface area contributed by atoms with Crippen molar-refractivity contribution in [1.82, 2.24) is 9.97 Å². The molecule has 0 aliphatic rings. The van der Waals surface area contributed by atoms with Crippen LogP contribution in [0.25, 0.3) is 43.4 Å². The Kier molecular flexibility index (Phi) is 3.00. The number of hydrogen-bond donors (Lipinski definition) is 0. The number of fused-ring (bicyclic) bond motifs is 4. The van der Waals surface area contributed by atoms with Gasteiger partial charge in [-0.15, -0.1) is 11.3 Å². The lowest BCUT2D eigenvalue weighted by Gasteiger charge is -2.05. The van der Waals surface area contributed by atoms with Gasteiger partial charge in [0.05, 0.1) is 20.9 Å². The third-order valence-corrected chi connectivity index (χ3v) is 5.70. The Morgan fingerprint density at radius 2 is 1.84 bits per heavy atom.